The van der Waals surface area contributed by atoms with Gasteiger partial charge in [-0.25, -0.2) is 4.79 Å². The second kappa shape index (κ2) is 3.10. The van der Waals surface area contributed by atoms with Crippen molar-refractivity contribution in [3.63, 3.8) is 0 Å². The van der Waals surface area contributed by atoms with Crippen LogP contribution in [0, 0.1) is 23.7 Å². The summed E-state index contributed by atoms with van der Waals surface area (Å²) in [6.45, 7) is 5.36. The maximum atomic E-state index is 11.5. The van der Waals surface area contributed by atoms with Crippen LogP contribution in [0.5, 0.6) is 0 Å². The molecule has 0 aliphatic heterocycles. The van der Waals surface area contributed by atoms with Crippen molar-refractivity contribution in [2.45, 2.75) is 38.7 Å². The molecule has 0 N–H and O–H groups in total. The van der Waals surface area contributed by atoms with Gasteiger partial charge in [-0.2, -0.15) is 0 Å². The van der Waals surface area contributed by atoms with Gasteiger partial charge in [0.1, 0.15) is 6.10 Å². The van der Waals surface area contributed by atoms with Crippen LogP contribution in [0.1, 0.15) is 32.6 Å². The molecule has 2 bridgehead atoms. The fraction of sp³-hybridized carbons (Fsp3) is 0.769. The fourth-order valence-corrected chi connectivity index (χ4v) is 3.91. The maximum absolute atomic E-state index is 11.5. The summed E-state index contributed by atoms with van der Waals surface area (Å²) in [4.78, 5) is 11.5. The van der Waals surface area contributed by atoms with Crippen LogP contribution in [-0.2, 0) is 9.53 Å². The van der Waals surface area contributed by atoms with E-state index < -0.39 is 0 Å². The molecule has 2 nitrogen and oxygen atoms in total. The Morgan fingerprint density at radius 1 is 1.20 bits per heavy atom. The van der Waals surface area contributed by atoms with Gasteiger partial charge < -0.3 is 4.74 Å². The molecule has 0 aromatic heterocycles. The van der Waals surface area contributed by atoms with Crippen LogP contribution in [0.2, 0.25) is 0 Å². The number of hydrogen-bond donors (Lipinski definition) is 0. The molecule has 0 aromatic rings. The summed E-state index contributed by atoms with van der Waals surface area (Å²) in [7, 11) is 0. The summed E-state index contributed by atoms with van der Waals surface area (Å²) in [5.74, 6) is 3.21. The number of fused-ring (bicyclic) bond motifs is 5. The van der Waals surface area contributed by atoms with Crippen LogP contribution < -0.4 is 0 Å². The van der Waals surface area contributed by atoms with Crippen molar-refractivity contribution in [2.75, 3.05) is 0 Å². The highest BCUT2D eigenvalue weighted by molar-refractivity contribution is 5.87. The Hall–Kier alpha value is -0.790. The SMILES string of the molecule is C=C(C)C(=O)OC1CC2CC1C1CCC21. The monoisotopic (exact) mass is 206 g/mol. The van der Waals surface area contributed by atoms with Crippen molar-refractivity contribution in [1.82, 2.24) is 0 Å². The number of rotatable bonds is 2. The Morgan fingerprint density at radius 2 is 1.93 bits per heavy atom. The lowest BCUT2D eigenvalue weighted by atomic mass is 9.65. The minimum absolute atomic E-state index is 0.191. The van der Waals surface area contributed by atoms with E-state index in [2.05, 4.69) is 6.58 Å². The number of ether oxygens (including phenoxy) is 1. The zero-order chi connectivity index (χ0) is 10.6. The highest BCUT2D eigenvalue weighted by atomic mass is 16.5. The average Bonchev–Trinajstić information content (AvgIpc) is 2.55. The van der Waals surface area contributed by atoms with Gasteiger partial charge in [0.2, 0.25) is 0 Å². The third-order valence-corrected chi connectivity index (χ3v) is 4.73. The van der Waals surface area contributed by atoms with Crippen molar-refractivity contribution in [1.29, 1.82) is 0 Å². The summed E-state index contributed by atoms with van der Waals surface area (Å²) >= 11 is 0. The molecule has 3 aliphatic carbocycles. The highest BCUT2D eigenvalue weighted by Gasteiger charge is 2.57. The zero-order valence-electron chi connectivity index (χ0n) is 9.24. The molecule has 15 heavy (non-hydrogen) atoms. The highest BCUT2D eigenvalue weighted by Crippen LogP contribution is 2.61. The van der Waals surface area contributed by atoms with Gasteiger partial charge in [0.15, 0.2) is 0 Å². The molecule has 3 aliphatic rings. The molecule has 0 saturated heterocycles. The zero-order valence-corrected chi connectivity index (χ0v) is 9.24. The standard InChI is InChI=1S/C13H18O2/c1-7(2)13(14)15-12-6-8-5-11(12)10-4-3-9(8)10/h8-12H,1,3-6H2,2H3. The predicted molar refractivity (Wildman–Crippen MR) is 57.1 cm³/mol. The first kappa shape index (κ1) is 9.44. The van der Waals surface area contributed by atoms with Gasteiger partial charge in [0, 0.05) is 5.57 Å². The fourth-order valence-electron chi connectivity index (χ4n) is 3.91. The lowest BCUT2D eigenvalue weighted by Crippen LogP contribution is -2.39. The quantitative estimate of drug-likeness (QED) is 0.512. The molecule has 2 heteroatoms. The molecule has 3 fully saturated rings. The van der Waals surface area contributed by atoms with Crippen LogP contribution >= 0.6 is 0 Å². The smallest absolute Gasteiger partial charge is 0.333 e. The van der Waals surface area contributed by atoms with Gasteiger partial charge in [-0.1, -0.05) is 6.58 Å². The molecule has 0 heterocycles. The molecule has 0 amide bonds. The van der Waals surface area contributed by atoms with Crippen LogP contribution in [0.3, 0.4) is 0 Å². The summed E-state index contributed by atoms with van der Waals surface area (Å²) in [5, 5.41) is 0. The van der Waals surface area contributed by atoms with Gasteiger partial charge >= 0.3 is 5.97 Å². The van der Waals surface area contributed by atoms with Gasteiger partial charge in [-0.05, 0) is 56.3 Å². The van der Waals surface area contributed by atoms with E-state index in [1.807, 2.05) is 0 Å². The van der Waals surface area contributed by atoms with Gasteiger partial charge in [0.05, 0.1) is 0 Å². The number of hydrogen-bond acceptors (Lipinski definition) is 2. The van der Waals surface area contributed by atoms with E-state index in [4.69, 9.17) is 4.74 Å². The van der Waals surface area contributed by atoms with Crippen LogP contribution in [0.4, 0.5) is 0 Å². The van der Waals surface area contributed by atoms with E-state index >= 15 is 0 Å². The van der Waals surface area contributed by atoms with E-state index in [-0.39, 0.29) is 12.1 Å². The molecule has 82 valence electrons. The molecule has 0 aromatic carbocycles. The summed E-state index contributed by atoms with van der Waals surface area (Å²) in [6.07, 6.45) is 5.43. The average molecular weight is 206 g/mol. The largest absolute Gasteiger partial charge is 0.459 e. The number of esters is 1. The van der Waals surface area contributed by atoms with E-state index in [1.165, 1.54) is 19.3 Å². The van der Waals surface area contributed by atoms with Crippen molar-refractivity contribution in [2.24, 2.45) is 23.7 Å². The second-order valence-electron chi connectivity index (χ2n) is 5.52. The molecule has 5 unspecified atom stereocenters. The molecule has 3 rings (SSSR count). The third kappa shape index (κ3) is 1.27. The molecular weight excluding hydrogens is 188 g/mol. The van der Waals surface area contributed by atoms with E-state index in [0.29, 0.717) is 11.5 Å². The minimum Gasteiger partial charge on any atom is -0.459 e. The number of carbonyl (C=O) groups is 1. The van der Waals surface area contributed by atoms with Crippen molar-refractivity contribution in [3.05, 3.63) is 12.2 Å². The number of carbonyl (C=O) groups excluding carboxylic acids is 1. The maximum Gasteiger partial charge on any atom is 0.333 e. The van der Waals surface area contributed by atoms with Crippen LogP contribution in [-0.4, -0.2) is 12.1 Å². The molecular formula is C13H18O2. The van der Waals surface area contributed by atoms with Crippen LogP contribution in [0.25, 0.3) is 0 Å². The summed E-state index contributed by atoms with van der Waals surface area (Å²) in [6, 6.07) is 0. The van der Waals surface area contributed by atoms with Gasteiger partial charge in [-0.3, -0.25) is 0 Å². The first-order chi connectivity index (χ1) is 7.16. The van der Waals surface area contributed by atoms with Gasteiger partial charge in [0.25, 0.3) is 0 Å². The minimum atomic E-state index is -0.191. The van der Waals surface area contributed by atoms with E-state index in [0.717, 1.165) is 24.2 Å². The second-order valence-corrected chi connectivity index (χ2v) is 5.52. The van der Waals surface area contributed by atoms with E-state index in [1.54, 1.807) is 6.92 Å². The topological polar surface area (TPSA) is 26.3 Å². The molecule has 0 spiro atoms. The summed E-state index contributed by atoms with van der Waals surface area (Å²) in [5.41, 5.74) is 0.530. The van der Waals surface area contributed by atoms with Crippen molar-refractivity contribution >= 4 is 5.97 Å². The normalized spacial score (nSPS) is 45.8. The Balaban J connectivity index is 1.66. The van der Waals surface area contributed by atoms with Gasteiger partial charge in [-0.15, -0.1) is 0 Å². The van der Waals surface area contributed by atoms with Crippen molar-refractivity contribution < 1.29 is 9.53 Å². The first-order valence-electron chi connectivity index (χ1n) is 6.03. The van der Waals surface area contributed by atoms with Crippen LogP contribution in [0.15, 0.2) is 12.2 Å². The first-order valence-corrected chi connectivity index (χ1v) is 6.03. The molecule has 5 atom stereocenters. The summed E-state index contributed by atoms with van der Waals surface area (Å²) < 4.78 is 5.52. The van der Waals surface area contributed by atoms with E-state index in [9.17, 15) is 4.79 Å². The third-order valence-electron chi connectivity index (χ3n) is 4.73. The lowest BCUT2D eigenvalue weighted by Gasteiger charge is -2.43. The van der Waals surface area contributed by atoms with Crippen molar-refractivity contribution in [3.8, 4) is 0 Å². The Labute approximate surface area is 90.7 Å². The Morgan fingerprint density at radius 3 is 2.47 bits per heavy atom. The Bertz CT molecular complexity index is 318. The molecule has 3 saturated carbocycles. The molecule has 0 radical (unpaired) electrons. The predicted octanol–water partition coefficient (Wildman–Crippen LogP) is 2.54. The lowest BCUT2D eigenvalue weighted by molar-refractivity contribution is -0.150. The Kier molecular flexibility index (Phi) is 1.95.